The number of nitrogens with zero attached hydrogens (tertiary/aromatic N) is 3. The number of nitrogens with one attached hydrogen (secondary N) is 1. The van der Waals surface area contributed by atoms with E-state index >= 15 is 0 Å². The fourth-order valence-electron chi connectivity index (χ4n) is 3.15. The summed E-state index contributed by atoms with van der Waals surface area (Å²) in [5.74, 6) is 0.674. The lowest BCUT2D eigenvalue weighted by atomic mass is 10.0. The number of benzene rings is 1. The molecule has 0 radical (unpaired) electrons. The maximum Gasteiger partial charge on any atom is 0.416 e. The van der Waals surface area contributed by atoms with Gasteiger partial charge in [-0.2, -0.15) is 18.3 Å². The van der Waals surface area contributed by atoms with E-state index in [0.29, 0.717) is 35.6 Å². The van der Waals surface area contributed by atoms with Crippen LogP contribution in [0.1, 0.15) is 5.56 Å². The summed E-state index contributed by atoms with van der Waals surface area (Å²) in [6.45, 7) is 1.14. The minimum Gasteiger partial charge on any atom is -0.482 e. The Morgan fingerprint density at radius 2 is 2.04 bits per heavy atom. The van der Waals surface area contributed by atoms with Gasteiger partial charge in [0.15, 0.2) is 5.88 Å². The van der Waals surface area contributed by atoms with Gasteiger partial charge in [0.1, 0.15) is 5.52 Å². The van der Waals surface area contributed by atoms with E-state index in [2.05, 4.69) is 15.4 Å². The number of halogens is 3. The second-order valence-electron chi connectivity index (χ2n) is 6.35. The number of hydrogen-bond donors (Lipinski definition) is 1. The van der Waals surface area contributed by atoms with Gasteiger partial charge in [0.25, 0.3) is 0 Å². The minimum absolute atomic E-state index is 0.448. The highest BCUT2D eigenvalue weighted by atomic mass is 19.4. The number of alkyl halides is 3. The first-order valence-corrected chi connectivity index (χ1v) is 8.62. The molecule has 144 valence electrons. The SMILES string of the molecule is COC1=C(Cn2ncc3ncc(-c4cccc(C(F)(F)F)c4)cc32)C=CCN1. The zero-order chi connectivity index (χ0) is 19.7. The lowest BCUT2D eigenvalue weighted by molar-refractivity contribution is -0.137. The van der Waals surface area contributed by atoms with Crippen LogP contribution in [-0.2, 0) is 17.5 Å². The van der Waals surface area contributed by atoms with Crippen molar-refractivity contribution in [3.05, 3.63) is 71.9 Å². The number of ether oxygens (including phenoxy) is 1. The third kappa shape index (κ3) is 3.45. The van der Waals surface area contributed by atoms with Crippen molar-refractivity contribution in [3.63, 3.8) is 0 Å². The Morgan fingerprint density at radius 3 is 2.82 bits per heavy atom. The molecule has 1 N–H and O–H groups in total. The van der Waals surface area contributed by atoms with Crippen LogP contribution in [0.25, 0.3) is 22.2 Å². The summed E-state index contributed by atoms with van der Waals surface area (Å²) < 4.78 is 46.2. The van der Waals surface area contributed by atoms with E-state index in [0.717, 1.165) is 23.2 Å². The molecule has 3 aromatic rings. The molecule has 28 heavy (non-hydrogen) atoms. The van der Waals surface area contributed by atoms with Gasteiger partial charge >= 0.3 is 6.18 Å². The molecule has 0 aliphatic carbocycles. The molecule has 2 aromatic heterocycles. The van der Waals surface area contributed by atoms with Crippen LogP contribution < -0.4 is 5.32 Å². The van der Waals surface area contributed by atoms with E-state index in [1.54, 1.807) is 36.3 Å². The summed E-state index contributed by atoms with van der Waals surface area (Å²) in [6.07, 6.45) is 2.76. The fraction of sp³-hybridized carbons (Fsp3) is 0.200. The summed E-state index contributed by atoms with van der Waals surface area (Å²) in [5.41, 5.74) is 2.68. The maximum absolute atomic E-state index is 13.0. The Balaban J connectivity index is 1.73. The van der Waals surface area contributed by atoms with Crippen molar-refractivity contribution >= 4 is 11.0 Å². The highest BCUT2D eigenvalue weighted by Crippen LogP contribution is 2.32. The highest BCUT2D eigenvalue weighted by molar-refractivity contribution is 5.80. The van der Waals surface area contributed by atoms with Gasteiger partial charge < -0.3 is 10.1 Å². The van der Waals surface area contributed by atoms with Gasteiger partial charge in [-0.3, -0.25) is 9.67 Å². The van der Waals surface area contributed by atoms with Crippen molar-refractivity contribution in [2.24, 2.45) is 0 Å². The molecule has 0 atom stereocenters. The quantitative estimate of drug-likeness (QED) is 0.733. The smallest absolute Gasteiger partial charge is 0.416 e. The molecule has 0 unspecified atom stereocenters. The van der Waals surface area contributed by atoms with Gasteiger partial charge in [0.2, 0.25) is 0 Å². The molecule has 1 aliphatic rings. The van der Waals surface area contributed by atoms with Crippen LogP contribution in [0.15, 0.2) is 66.3 Å². The van der Waals surface area contributed by atoms with Crippen LogP contribution in [0, 0.1) is 0 Å². The largest absolute Gasteiger partial charge is 0.482 e. The molecule has 0 bridgehead atoms. The van der Waals surface area contributed by atoms with Gasteiger partial charge in [-0.05, 0) is 23.8 Å². The van der Waals surface area contributed by atoms with Crippen LogP contribution >= 0.6 is 0 Å². The lowest BCUT2D eigenvalue weighted by Gasteiger charge is -2.16. The molecular weight excluding hydrogens is 369 g/mol. The molecule has 1 aromatic carbocycles. The maximum atomic E-state index is 13.0. The van der Waals surface area contributed by atoms with Crippen molar-refractivity contribution in [1.82, 2.24) is 20.1 Å². The van der Waals surface area contributed by atoms with E-state index in [1.807, 2.05) is 12.2 Å². The molecule has 0 saturated heterocycles. The Labute approximate surface area is 159 Å². The van der Waals surface area contributed by atoms with Crippen molar-refractivity contribution in [1.29, 1.82) is 0 Å². The predicted molar refractivity (Wildman–Crippen MR) is 99.1 cm³/mol. The molecular formula is C20H17F3N4O. The number of fused-ring (bicyclic) bond motifs is 1. The number of dihydropyridines is 1. The predicted octanol–water partition coefficient (Wildman–Crippen LogP) is 4.13. The average molecular weight is 386 g/mol. The third-order valence-electron chi connectivity index (χ3n) is 4.53. The van der Waals surface area contributed by atoms with Gasteiger partial charge in [-0.15, -0.1) is 0 Å². The molecule has 0 amide bonds. The second-order valence-corrected chi connectivity index (χ2v) is 6.35. The standard InChI is InChI=1S/C20H17F3N4O/c1-28-19-14(5-3-7-24-19)12-27-18-9-15(10-25-17(18)11-26-27)13-4-2-6-16(8-13)20(21,22)23/h2-6,8-11,24H,7,12H2,1H3. The van der Waals surface area contributed by atoms with Crippen LogP contribution in [-0.4, -0.2) is 28.4 Å². The topological polar surface area (TPSA) is 52.0 Å². The number of methoxy groups -OCH3 is 1. The average Bonchev–Trinajstić information content (AvgIpc) is 3.10. The molecule has 4 rings (SSSR count). The molecule has 0 fully saturated rings. The first-order valence-electron chi connectivity index (χ1n) is 8.62. The Hall–Kier alpha value is -3.29. The number of allylic oxidation sites excluding steroid dienone is 2. The molecule has 0 saturated carbocycles. The van der Waals surface area contributed by atoms with Gasteiger partial charge in [0, 0.05) is 23.9 Å². The number of rotatable bonds is 4. The summed E-state index contributed by atoms with van der Waals surface area (Å²) in [7, 11) is 1.59. The molecule has 3 heterocycles. The second kappa shape index (κ2) is 7.03. The summed E-state index contributed by atoms with van der Waals surface area (Å²) in [6, 6.07) is 7.02. The van der Waals surface area contributed by atoms with Gasteiger partial charge in [-0.25, -0.2) is 0 Å². The molecule has 8 heteroatoms. The van der Waals surface area contributed by atoms with E-state index in [1.165, 1.54) is 6.07 Å². The van der Waals surface area contributed by atoms with Gasteiger partial charge in [0.05, 0.1) is 30.9 Å². The highest BCUT2D eigenvalue weighted by Gasteiger charge is 2.30. The van der Waals surface area contributed by atoms with E-state index in [4.69, 9.17) is 4.74 Å². The first kappa shape index (κ1) is 18.1. The fourth-order valence-corrected chi connectivity index (χ4v) is 3.15. The monoisotopic (exact) mass is 386 g/mol. The molecule has 1 aliphatic heterocycles. The first-order chi connectivity index (χ1) is 13.5. The lowest BCUT2D eigenvalue weighted by Crippen LogP contribution is -2.21. The minimum atomic E-state index is -4.39. The van der Waals surface area contributed by atoms with Gasteiger partial charge in [-0.1, -0.05) is 24.3 Å². The third-order valence-corrected chi connectivity index (χ3v) is 4.53. The zero-order valence-electron chi connectivity index (χ0n) is 15.0. The number of aromatic nitrogens is 3. The molecule has 5 nitrogen and oxygen atoms in total. The van der Waals surface area contributed by atoms with E-state index in [-0.39, 0.29) is 0 Å². The van der Waals surface area contributed by atoms with E-state index in [9.17, 15) is 13.2 Å². The Bertz CT molecular complexity index is 1080. The van der Waals surface area contributed by atoms with Crippen molar-refractivity contribution < 1.29 is 17.9 Å². The van der Waals surface area contributed by atoms with Crippen LogP contribution in [0.2, 0.25) is 0 Å². The van der Waals surface area contributed by atoms with Crippen molar-refractivity contribution in [2.75, 3.05) is 13.7 Å². The molecule has 0 spiro atoms. The van der Waals surface area contributed by atoms with Crippen LogP contribution in [0.3, 0.4) is 0 Å². The Kier molecular flexibility index (Phi) is 4.54. The summed E-state index contributed by atoms with van der Waals surface area (Å²) in [4.78, 5) is 4.36. The summed E-state index contributed by atoms with van der Waals surface area (Å²) in [5, 5.41) is 7.52. The number of pyridine rings is 1. The normalized spacial score (nSPS) is 14.4. The van der Waals surface area contributed by atoms with Crippen LogP contribution in [0.4, 0.5) is 13.2 Å². The van der Waals surface area contributed by atoms with Crippen molar-refractivity contribution in [3.8, 4) is 11.1 Å². The van der Waals surface area contributed by atoms with Crippen molar-refractivity contribution in [2.45, 2.75) is 12.7 Å². The van der Waals surface area contributed by atoms with Crippen LogP contribution in [0.5, 0.6) is 0 Å². The Morgan fingerprint density at radius 1 is 1.18 bits per heavy atom. The number of hydrogen-bond acceptors (Lipinski definition) is 4. The zero-order valence-corrected chi connectivity index (χ0v) is 15.0. The summed E-state index contributed by atoms with van der Waals surface area (Å²) >= 11 is 0. The van der Waals surface area contributed by atoms with E-state index < -0.39 is 11.7 Å².